The standard InChI is InChI=1S/C13H22N4O/c1-10(2)15-7-12-6-14-8-13(16-12)17-4-5-18-9-11(17)3/h6,8,10-11,15H,4-5,7,9H2,1-3H3. The van der Waals surface area contributed by atoms with Crippen LogP contribution in [0.4, 0.5) is 5.82 Å². The number of rotatable bonds is 4. The zero-order valence-electron chi connectivity index (χ0n) is 11.4. The van der Waals surface area contributed by atoms with Gasteiger partial charge in [-0.15, -0.1) is 0 Å². The van der Waals surface area contributed by atoms with Crippen molar-refractivity contribution in [2.75, 3.05) is 24.7 Å². The van der Waals surface area contributed by atoms with Gasteiger partial charge in [-0.3, -0.25) is 4.98 Å². The van der Waals surface area contributed by atoms with E-state index in [1.807, 2.05) is 12.4 Å². The van der Waals surface area contributed by atoms with Gasteiger partial charge in [-0.05, 0) is 6.92 Å². The second kappa shape index (κ2) is 6.11. The molecule has 1 atom stereocenters. The number of hydrogen-bond donors (Lipinski definition) is 1. The van der Waals surface area contributed by atoms with Crippen LogP contribution in [0.3, 0.4) is 0 Å². The monoisotopic (exact) mass is 250 g/mol. The first kappa shape index (κ1) is 13.2. The summed E-state index contributed by atoms with van der Waals surface area (Å²) in [7, 11) is 0. The van der Waals surface area contributed by atoms with Crippen LogP contribution in [-0.4, -0.2) is 41.8 Å². The Morgan fingerprint density at radius 3 is 3.06 bits per heavy atom. The average Bonchev–Trinajstić information content (AvgIpc) is 2.37. The zero-order chi connectivity index (χ0) is 13.0. The van der Waals surface area contributed by atoms with E-state index in [0.717, 1.165) is 37.8 Å². The number of anilines is 1. The molecule has 18 heavy (non-hydrogen) atoms. The second-order valence-corrected chi connectivity index (χ2v) is 5.02. The topological polar surface area (TPSA) is 50.3 Å². The largest absolute Gasteiger partial charge is 0.377 e. The molecule has 0 amide bonds. The molecule has 1 fully saturated rings. The van der Waals surface area contributed by atoms with Crippen LogP contribution in [0.25, 0.3) is 0 Å². The Balaban J connectivity index is 2.06. The highest BCUT2D eigenvalue weighted by Crippen LogP contribution is 2.16. The molecule has 0 saturated carbocycles. The van der Waals surface area contributed by atoms with Gasteiger partial charge in [-0.2, -0.15) is 0 Å². The van der Waals surface area contributed by atoms with Crippen molar-refractivity contribution in [3.63, 3.8) is 0 Å². The Morgan fingerprint density at radius 1 is 1.50 bits per heavy atom. The summed E-state index contributed by atoms with van der Waals surface area (Å²) < 4.78 is 5.44. The van der Waals surface area contributed by atoms with Gasteiger partial charge in [0.1, 0.15) is 5.82 Å². The van der Waals surface area contributed by atoms with Crippen LogP contribution in [0.2, 0.25) is 0 Å². The molecule has 0 aromatic carbocycles. The van der Waals surface area contributed by atoms with E-state index in [4.69, 9.17) is 4.74 Å². The van der Waals surface area contributed by atoms with Crippen LogP contribution in [0, 0.1) is 0 Å². The first-order chi connectivity index (χ1) is 8.66. The molecule has 5 nitrogen and oxygen atoms in total. The number of aromatic nitrogens is 2. The third kappa shape index (κ3) is 3.40. The molecule has 1 aromatic rings. The van der Waals surface area contributed by atoms with E-state index in [2.05, 4.69) is 41.0 Å². The first-order valence-electron chi connectivity index (χ1n) is 6.55. The number of ether oxygens (including phenoxy) is 1. The normalized spacial score (nSPS) is 20.4. The van der Waals surface area contributed by atoms with Crippen LogP contribution < -0.4 is 10.2 Å². The quantitative estimate of drug-likeness (QED) is 0.870. The van der Waals surface area contributed by atoms with Crippen molar-refractivity contribution >= 4 is 5.82 Å². The third-order valence-corrected chi connectivity index (χ3v) is 3.03. The fraction of sp³-hybridized carbons (Fsp3) is 0.692. The van der Waals surface area contributed by atoms with E-state index in [9.17, 15) is 0 Å². The van der Waals surface area contributed by atoms with Crippen molar-refractivity contribution in [2.45, 2.75) is 39.4 Å². The summed E-state index contributed by atoms with van der Waals surface area (Å²) in [6.07, 6.45) is 3.66. The van der Waals surface area contributed by atoms with Crippen molar-refractivity contribution in [1.29, 1.82) is 0 Å². The summed E-state index contributed by atoms with van der Waals surface area (Å²) in [4.78, 5) is 11.2. The van der Waals surface area contributed by atoms with Crippen LogP contribution in [0.1, 0.15) is 26.5 Å². The van der Waals surface area contributed by atoms with Crippen molar-refractivity contribution in [1.82, 2.24) is 15.3 Å². The predicted molar refractivity (Wildman–Crippen MR) is 71.6 cm³/mol. The van der Waals surface area contributed by atoms with Gasteiger partial charge in [0, 0.05) is 25.3 Å². The van der Waals surface area contributed by atoms with E-state index in [-0.39, 0.29) is 0 Å². The molecule has 1 saturated heterocycles. The SMILES string of the molecule is CC(C)NCc1cncc(N2CCOCC2C)n1. The summed E-state index contributed by atoms with van der Waals surface area (Å²) in [5.74, 6) is 0.953. The maximum atomic E-state index is 5.44. The molecular weight excluding hydrogens is 228 g/mol. The van der Waals surface area contributed by atoms with E-state index >= 15 is 0 Å². The Hall–Kier alpha value is -1.20. The van der Waals surface area contributed by atoms with Crippen molar-refractivity contribution in [2.24, 2.45) is 0 Å². The average molecular weight is 250 g/mol. The number of nitrogens with zero attached hydrogens (tertiary/aromatic N) is 3. The fourth-order valence-electron chi connectivity index (χ4n) is 1.99. The third-order valence-electron chi connectivity index (χ3n) is 3.03. The number of nitrogens with one attached hydrogen (secondary N) is 1. The minimum atomic E-state index is 0.362. The van der Waals surface area contributed by atoms with Crippen LogP contribution in [0.5, 0.6) is 0 Å². The van der Waals surface area contributed by atoms with Crippen molar-refractivity contribution < 1.29 is 4.74 Å². The molecule has 0 radical (unpaired) electrons. The molecule has 1 aliphatic heterocycles. The van der Waals surface area contributed by atoms with Crippen LogP contribution in [-0.2, 0) is 11.3 Å². The molecule has 1 aliphatic rings. The van der Waals surface area contributed by atoms with Gasteiger partial charge in [-0.25, -0.2) is 4.98 Å². The summed E-state index contributed by atoms with van der Waals surface area (Å²) in [6.45, 7) is 9.58. The lowest BCUT2D eigenvalue weighted by Crippen LogP contribution is -2.44. The van der Waals surface area contributed by atoms with Gasteiger partial charge in [0.25, 0.3) is 0 Å². The Kier molecular flexibility index (Phi) is 4.49. The number of morpholine rings is 1. The molecule has 5 heteroatoms. The Morgan fingerprint density at radius 2 is 2.33 bits per heavy atom. The zero-order valence-corrected chi connectivity index (χ0v) is 11.4. The maximum absolute atomic E-state index is 5.44. The smallest absolute Gasteiger partial charge is 0.147 e. The van der Waals surface area contributed by atoms with Gasteiger partial charge < -0.3 is 15.0 Å². The van der Waals surface area contributed by atoms with Gasteiger partial charge in [0.05, 0.1) is 31.1 Å². The molecular formula is C13H22N4O. The van der Waals surface area contributed by atoms with Gasteiger partial charge in [0.2, 0.25) is 0 Å². The lowest BCUT2D eigenvalue weighted by molar-refractivity contribution is 0.0985. The van der Waals surface area contributed by atoms with E-state index < -0.39 is 0 Å². The predicted octanol–water partition coefficient (Wildman–Crippen LogP) is 1.20. The molecule has 2 rings (SSSR count). The highest BCUT2D eigenvalue weighted by Gasteiger charge is 2.20. The molecule has 0 bridgehead atoms. The summed E-state index contributed by atoms with van der Waals surface area (Å²) >= 11 is 0. The minimum absolute atomic E-state index is 0.362. The lowest BCUT2D eigenvalue weighted by atomic mass is 10.2. The van der Waals surface area contributed by atoms with E-state index in [1.165, 1.54) is 0 Å². The van der Waals surface area contributed by atoms with Gasteiger partial charge >= 0.3 is 0 Å². The molecule has 100 valence electrons. The summed E-state index contributed by atoms with van der Waals surface area (Å²) in [6, 6.07) is 0.819. The molecule has 2 heterocycles. The maximum Gasteiger partial charge on any atom is 0.147 e. The minimum Gasteiger partial charge on any atom is -0.377 e. The van der Waals surface area contributed by atoms with Crippen LogP contribution >= 0.6 is 0 Å². The van der Waals surface area contributed by atoms with Crippen molar-refractivity contribution in [3.05, 3.63) is 18.1 Å². The Bertz CT molecular complexity index is 383. The lowest BCUT2D eigenvalue weighted by Gasteiger charge is -2.34. The molecule has 1 aromatic heterocycles. The summed E-state index contributed by atoms with van der Waals surface area (Å²) in [5.41, 5.74) is 0.986. The highest BCUT2D eigenvalue weighted by molar-refractivity contribution is 5.38. The molecule has 0 aliphatic carbocycles. The first-order valence-corrected chi connectivity index (χ1v) is 6.55. The summed E-state index contributed by atoms with van der Waals surface area (Å²) in [5, 5.41) is 3.36. The van der Waals surface area contributed by atoms with Crippen LogP contribution in [0.15, 0.2) is 12.4 Å². The second-order valence-electron chi connectivity index (χ2n) is 5.02. The highest BCUT2D eigenvalue weighted by atomic mass is 16.5. The van der Waals surface area contributed by atoms with Crippen molar-refractivity contribution in [3.8, 4) is 0 Å². The molecule has 0 spiro atoms. The van der Waals surface area contributed by atoms with E-state index in [1.54, 1.807) is 0 Å². The fourth-order valence-corrected chi connectivity index (χ4v) is 1.99. The molecule has 1 unspecified atom stereocenters. The Labute approximate surface area is 109 Å². The van der Waals surface area contributed by atoms with Gasteiger partial charge in [0.15, 0.2) is 0 Å². The van der Waals surface area contributed by atoms with Gasteiger partial charge in [-0.1, -0.05) is 13.8 Å². The number of hydrogen-bond acceptors (Lipinski definition) is 5. The molecule has 1 N–H and O–H groups in total. The van der Waals surface area contributed by atoms with E-state index in [0.29, 0.717) is 12.1 Å².